The molecule has 2 aromatic carbocycles. The van der Waals surface area contributed by atoms with Crippen molar-refractivity contribution in [3.8, 4) is 0 Å². The molecule has 192 valence electrons. The Labute approximate surface area is 217 Å². The summed E-state index contributed by atoms with van der Waals surface area (Å²) >= 11 is 5.92. The minimum absolute atomic E-state index is 0.0496. The van der Waals surface area contributed by atoms with Gasteiger partial charge in [0.2, 0.25) is 10.0 Å². The van der Waals surface area contributed by atoms with Crippen LogP contribution in [0.25, 0.3) is 10.9 Å². The molecule has 0 aliphatic carbocycles. The Hall–Kier alpha value is -2.72. The fourth-order valence-corrected chi connectivity index (χ4v) is 6.52. The number of benzene rings is 2. The maximum Gasteiger partial charge on any atom is 0.319 e. The van der Waals surface area contributed by atoms with E-state index in [2.05, 4.69) is 20.5 Å². The van der Waals surface area contributed by atoms with E-state index in [1.165, 1.54) is 0 Å². The summed E-state index contributed by atoms with van der Waals surface area (Å²) in [5, 5.41) is 7.28. The average Bonchev–Trinajstić information content (AvgIpc) is 2.85. The number of nitrogens with one attached hydrogen (secondary N) is 2. The van der Waals surface area contributed by atoms with Crippen LogP contribution in [-0.4, -0.2) is 67.4 Å². The number of carbonyl (C=O) groups excluding carboxylic acids is 1. The number of para-hydroxylation sites is 1. The van der Waals surface area contributed by atoms with Crippen LogP contribution in [-0.2, 0) is 10.0 Å². The fourth-order valence-electron chi connectivity index (χ4n) is 4.70. The van der Waals surface area contributed by atoms with Gasteiger partial charge in [-0.1, -0.05) is 36.7 Å². The predicted molar refractivity (Wildman–Crippen MR) is 144 cm³/mol. The lowest BCUT2D eigenvalue weighted by Gasteiger charge is -2.37. The number of fused-ring (bicyclic) bond motifs is 1. The third-order valence-electron chi connectivity index (χ3n) is 6.50. The number of rotatable bonds is 8. The second-order valence-corrected chi connectivity index (χ2v) is 11.3. The van der Waals surface area contributed by atoms with Crippen LogP contribution in [0.2, 0.25) is 5.02 Å². The lowest BCUT2D eigenvalue weighted by atomic mass is 10.1. The minimum atomic E-state index is -3.58. The quantitative estimate of drug-likeness (QED) is 0.448. The zero-order chi connectivity index (χ0) is 25.7. The van der Waals surface area contributed by atoms with E-state index in [1.54, 1.807) is 28.6 Å². The van der Waals surface area contributed by atoms with E-state index in [9.17, 15) is 13.2 Å². The van der Waals surface area contributed by atoms with Crippen molar-refractivity contribution in [1.29, 1.82) is 0 Å². The molecule has 1 aromatic heterocycles. The van der Waals surface area contributed by atoms with Crippen LogP contribution < -0.4 is 10.6 Å². The van der Waals surface area contributed by atoms with Gasteiger partial charge in [0.05, 0.1) is 16.1 Å². The van der Waals surface area contributed by atoms with E-state index in [0.29, 0.717) is 24.7 Å². The topological polar surface area (TPSA) is 94.6 Å². The van der Waals surface area contributed by atoms with Gasteiger partial charge in [-0.15, -0.1) is 0 Å². The molecule has 8 nitrogen and oxygen atoms in total. The van der Waals surface area contributed by atoms with Gasteiger partial charge in [0.1, 0.15) is 0 Å². The van der Waals surface area contributed by atoms with E-state index in [-0.39, 0.29) is 17.0 Å². The molecule has 1 saturated heterocycles. The van der Waals surface area contributed by atoms with Crippen LogP contribution in [0.4, 0.5) is 10.5 Å². The normalized spacial score (nSPS) is 15.3. The van der Waals surface area contributed by atoms with Crippen molar-refractivity contribution in [1.82, 2.24) is 19.5 Å². The average molecular weight is 530 g/mol. The highest BCUT2D eigenvalue weighted by Crippen LogP contribution is 2.25. The fraction of sp³-hybridized carbons (Fsp3) is 0.385. The summed E-state index contributed by atoms with van der Waals surface area (Å²) in [5.41, 5.74) is 2.42. The molecule has 2 amide bonds. The van der Waals surface area contributed by atoms with Crippen LogP contribution in [0.15, 0.2) is 59.5 Å². The summed E-state index contributed by atoms with van der Waals surface area (Å²) in [4.78, 5) is 19.5. The highest BCUT2D eigenvalue weighted by Gasteiger charge is 2.32. The van der Waals surface area contributed by atoms with Gasteiger partial charge in [0.25, 0.3) is 0 Å². The molecule has 36 heavy (non-hydrogen) atoms. The number of sulfonamides is 1. The molecule has 0 unspecified atom stereocenters. The molecule has 1 aliphatic rings. The van der Waals surface area contributed by atoms with Gasteiger partial charge in [-0.2, -0.15) is 4.31 Å². The molecular weight excluding hydrogens is 498 g/mol. The van der Waals surface area contributed by atoms with E-state index >= 15 is 0 Å². The van der Waals surface area contributed by atoms with Gasteiger partial charge in [-0.3, -0.25) is 4.98 Å². The second kappa shape index (κ2) is 11.6. The number of aryl methyl sites for hydroxylation is 1. The van der Waals surface area contributed by atoms with Crippen molar-refractivity contribution in [2.75, 3.05) is 38.0 Å². The molecule has 0 bridgehead atoms. The monoisotopic (exact) mass is 529 g/mol. The first kappa shape index (κ1) is 26.3. The summed E-state index contributed by atoms with van der Waals surface area (Å²) < 4.78 is 27.9. The summed E-state index contributed by atoms with van der Waals surface area (Å²) in [6.07, 6.45) is 1.49. The summed E-state index contributed by atoms with van der Waals surface area (Å²) in [6.45, 7) is 6.94. The van der Waals surface area contributed by atoms with E-state index in [4.69, 9.17) is 11.6 Å². The van der Waals surface area contributed by atoms with Gasteiger partial charge in [-0.25, -0.2) is 13.2 Å². The Bertz CT molecular complexity index is 1310. The van der Waals surface area contributed by atoms with Crippen molar-refractivity contribution in [2.45, 2.75) is 37.6 Å². The van der Waals surface area contributed by atoms with Crippen molar-refractivity contribution < 1.29 is 13.2 Å². The highest BCUT2D eigenvalue weighted by molar-refractivity contribution is 7.89. The van der Waals surface area contributed by atoms with Gasteiger partial charge < -0.3 is 15.5 Å². The third kappa shape index (κ3) is 6.15. The largest absolute Gasteiger partial charge is 0.337 e. The van der Waals surface area contributed by atoms with Gasteiger partial charge in [-0.05, 0) is 69.3 Å². The number of pyridine rings is 1. The Kier molecular flexibility index (Phi) is 8.46. The van der Waals surface area contributed by atoms with Crippen LogP contribution in [0.5, 0.6) is 0 Å². The minimum Gasteiger partial charge on any atom is -0.337 e. The molecule has 2 N–H and O–H groups in total. The number of carbonyl (C=O) groups is 1. The summed E-state index contributed by atoms with van der Waals surface area (Å²) in [5.74, 6) is 0. The maximum absolute atomic E-state index is 13.2. The maximum atomic E-state index is 13.2. The first-order chi connectivity index (χ1) is 17.3. The standard InChI is InChI=1S/C26H32ClN5O3S/c1-3-32(36(34,35)22-10-8-20(27)9-11-22)21-12-15-31(16-13-21)17-14-28-26(33)30-25-18-19(2)29-24-7-5-4-6-23(24)25/h4-11,18,21H,3,12-17H2,1-2H3,(H2,28,29,30,33). The Morgan fingerprint density at radius 1 is 1.14 bits per heavy atom. The van der Waals surface area contributed by atoms with Gasteiger partial charge in [0, 0.05) is 41.8 Å². The lowest BCUT2D eigenvalue weighted by molar-refractivity contribution is 0.162. The molecule has 10 heteroatoms. The van der Waals surface area contributed by atoms with E-state index in [0.717, 1.165) is 48.2 Å². The van der Waals surface area contributed by atoms with Crippen LogP contribution in [0, 0.1) is 6.92 Å². The molecule has 0 saturated carbocycles. The summed E-state index contributed by atoms with van der Waals surface area (Å²) in [7, 11) is -3.58. The smallest absolute Gasteiger partial charge is 0.319 e. The second-order valence-electron chi connectivity index (χ2n) is 8.94. The molecule has 3 aromatic rings. The molecule has 1 fully saturated rings. The van der Waals surface area contributed by atoms with E-state index < -0.39 is 10.0 Å². The molecule has 0 radical (unpaired) electrons. The number of aromatic nitrogens is 1. The highest BCUT2D eigenvalue weighted by atomic mass is 35.5. The number of halogens is 1. The zero-order valence-electron chi connectivity index (χ0n) is 20.6. The number of urea groups is 1. The summed E-state index contributed by atoms with van der Waals surface area (Å²) in [6, 6.07) is 15.6. The number of piperidine rings is 1. The lowest BCUT2D eigenvalue weighted by Crippen LogP contribution is -2.48. The predicted octanol–water partition coefficient (Wildman–Crippen LogP) is 4.49. The first-order valence-electron chi connectivity index (χ1n) is 12.2. The Morgan fingerprint density at radius 3 is 2.53 bits per heavy atom. The van der Waals surface area contributed by atoms with Crippen molar-refractivity contribution in [2.24, 2.45) is 0 Å². The van der Waals surface area contributed by atoms with Gasteiger partial charge >= 0.3 is 6.03 Å². The molecule has 1 aliphatic heterocycles. The van der Waals surface area contributed by atoms with Crippen molar-refractivity contribution in [3.63, 3.8) is 0 Å². The third-order valence-corrected chi connectivity index (χ3v) is 8.80. The SMILES string of the molecule is CCN(C1CCN(CCNC(=O)Nc2cc(C)nc3ccccc23)CC1)S(=O)(=O)c1ccc(Cl)cc1. The molecule has 0 atom stereocenters. The van der Waals surface area contributed by atoms with Crippen LogP contribution >= 0.6 is 11.6 Å². The molecule has 4 rings (SSSR count). The molecule has 2 heterocycles. The first-order valence-corrected chi connectivity index (χ1v) is 14.0. The number of hydrogen-bond acceptors (Lipinski definition) is 5. The number of amides is 2. The van der Waals surface area contributed by atoms with Crippen molar-refractivity contribution in [3.05, 3.63) is 65.3 Å². The molecule has 0 spiro atoms. The number of likely N-dealkylation sites (tertiary alicyclic amines) is 1. The number of anilines is 1. The van der Waals surface area contributed by atoms with Gasteiger partial charge in [0.15, 0.2) is 0 Å². The van der Waals surface area contributed by atoms with E-state index in [1.807, 2.05) is 44.2 Å². The van der Waals surface area contributed by atoms with Crippen LogP contribution in [0.3, 0.4) is 0 Å². The molecular formula is C26H32ClN5O3S. The number of hydrogen-bond donors (Lipinski definition) is 2. The Balaban J connectivity index is 1.26. The van der Waals surface area contributed by atoms with Crippen molar-refractivity contribution >= 4 is 44.2 Å². The van der Waals surface area contributed by atoms with Crippen LogP contribution in [0.1, 0.15) is 25.5 Å². The zero-order valence-corrected chi connectivity index (χ0v) is 22.1. The number of nitrogens with zero attached hydrogens (tertiary/aromatic N) is 3. The Morgan fingerprint density at radius 2 is 1.83 bits per heavy atom.